The van der Waals surface area contributed by atoms with Crippen molar-refractivity contribution in [1.82, 2.24) is 4.90 Å². The van der Waals surface area contributed by atoms with Gasteiger partial charge in [0.2, 0.25) is 5.91 Å². The van der Waals surface area contributed by atoms with Crippen molar-refractivity contribution < 1.29 is 23.8 Å². The minimum absolute atomic E-state index is 0.0937. The van der Waals surface area contributed by atoms with Crippen LogP contribution in [0, 0.1) is 0 Å². The first kappa shape index (κ1) is 27.2. The van der Waals surface area contributed by atoms with Gasteiger partial charge in [-0.1, -0.05) is 17.7 Å². The summed E-state index contributed by atoms with van der Waals surface area (Å²) in [7, 11) is 3.12. The third kappa shape index (κ3) is 6.00. The molecule has 1 atom stereocenters. The molecule has 0 radical (unpaired) electrons. The Morgan fingerprint density at radius 2 is 1.68 bits per heavy atom. The molecule has 1 aliphatic heterocycles. The van der Waals surface area contributed by atoms with Gasteiger partial charge in [0.1, 0.15) is 11.8 Å². The fourth-order valence-corrected chi connectivity index (χ4v) is 4.72. The molecule has 0 aromatic heterocycles. The van der Waals surface area contributed by atoms with Crippen LogP contribution in [0.3, 0.4) is 0 Å². The summed E-state index contributed by atoms with van der Waals surface area (Å²) in [5, 5.41) is 3.70. The molecule has 3 aromatic rings. The average Bonchev–Trinajstić information content (AvgIpc) is 3.14. The second kappa shape index (κ2) is 12.1. The van der Waals surface area contributed by atoms with Gasteiger partial charge in [0.15, 0.2) is 16.6 Å². The van der Waals surface area contributed by atoms with Crippen LogP contribution in [-0.2, 0) is 16.1 Å². The van der Waals surface area contributed by atoms with Crippen molar-refractivity contribution in [2.24, 2.45) is 0 Å². The standard InChI is InChI=1S/C28H28ClN3O5S/c1-4-37-22-12-8-20(9-13-22)30-26(33)16-23-27(34)32(21-10-6-19(29)7-11-21)28(38)31(23)17-18-5-14-24(35-2)25(15-18)36-3/h5-15,23H,4,16-17H2,1-3H3,(H,30,33). The lowest BCUT2D eigenvalue weighted by molar-refractivity contribution is -0.124. The van der Waals surface area contributed by atoms with Gasteiger partial charge in [0.25, 0.3) is 5.91 Å². The van der Waals surface area contributed by atoms with Crippen molar-refractivity contribution in [1.29, 1.82) is 0 Å². The van der Waals surface area contributed by atoms with Crippen LogP contribution in [0.25, 0.3) is 0 Å². The Balaban J connectivity index is 1.59. The Bertz CT molecular complexity index is 1320. The molecule has 2 amide bonds. The summed E-state index contributed by atoms with van der Waals surface area (Å²) >= 11 is 11.8. The van der Waals surface area contributed by atoms with Gasteiger partial charge in [-0.25, -0.2) is 0 Å². The molecule has 38 heavy (non-hydrogen) atoms. The summed E-state index contributed by atoms with van der Waals surface area (Å²) in [5.41, 5.74) is 2.02. The Kier molecular flexibility index (Phi) is 8.70. The van der Waals surface area contributed by atoms with Crippen LogP contribution < -0.4 is 24.4 Å². The number of rotatable bonds is 10. The highest BCUT2D eigenvalue weighted by Gasteiger charge is 2.44. The Labute approximate surface area is 232 Å². The summed E-state index contributed by atoms with van der Waals surface area (Å²) in [6.45, 7) is 2.74. The van der Waals surface area contributed by atoms with Crippen molar-refractivity contribution in [3.05, 3.63) is 77.3 Å². The first-order valence-electron chi connectivity index (χ1n) is 12.0. The molecule has 0 bridgehead atoms. The van der Waals surface area contributed by atoms with Crippen LogP contribution in [0.5, 0.6) is 17.2 Å². The fourth-order valence-electron chi connectivity index (χ4n) is 4.21. The largest absolute Gasteiger partial charge is 0.494 e. The summed E-state index contributed by atoms with van der Waals surface area (Å²) in [4.78, 5) is 29.9. The van der Waals surface area contributed by atoms with E-state index in [2.05, 4.69) is 5.32 Å². The molecule has 1 aliphatic rings. The van der Waals surface area contributed by atoms with Crippen LogP contribution >= 0.6 is 23.8 Å². The SMILES string of the molecule is CCOc1ccc(NC(=O)CC2C(=O)N(c3ccc(Cl)cc3)C(=S)N2Cc2ccc(OC)c(OC)c2)cc1. The molecular weight excluding hydrogens is 526 g/mol. The molecule has 1 N–H and O–H groups in total. The molecule has 1 saturated heterocycles. The van der Waals surface area contributed by atoms with Crippen LogP contribution in [-0.4, -0.2) is 48.7 Å². The Hall–Kier alpha value is -3.82. The Morgan fingerprint density at radius 3 is 2.32 bits per heavy atom. The van der Waals surface area contributed by atoms with Gasteiger partial charge in [-0.05, 0) is 85.4 Å². The quantitative estimate of drug-likeness (QED) is 0.342. The lowest BCUT2D eigenvalue weighted by Gasteiger charge is -2.24. The van der Waals surface area contributed by atoms with E-state index >= 15 is 0 Å². The van der Waals surface area contributed by atoms with Gasteiger partial charge in [-0.2, -0.15) is 0 Å². The van der Waals surface area contributed by atoms with Gasteiger partial charge in [-0.3, -0.25) is 14.5 Å². The van der Waals surface area contributed by atoms with Crippen LogP contribution in [0.15, 0.2) is 66.7 Å². The lowest BCUT2D eigenvalue weighted by Crippen LogP contribution is -2.37. The Morgan fingerprint density at radius 1 is 1.00 bits per heavy atom. The number of hydrogen-bond donors (Lipinski definition) is 1. The van der Waals surface area contributed by atoms with Gasteiger partial charge < -0.3 is 24.4 Å². The van der Waals surface area contributed by atoms with E-state index in [4.69, 9.17) is 38.0 Å². The van der Waals surface area contributed by atoms with Gasteiger partial charge in [0, 0.05) is 17.3 Å². The molecule has 3 aromatic carbocycles. The highest BCUT2D eigenvalue weighted by molar-refractivity contribution is 7.80. The summed E-state index contributed by atoms with van der Waals surface area (Å²) in [6, 6.07) is 18.6. The van der Waals surface area contributed by atoms with Gasteiger partial charge in [-0.15, -0.1) is 0 Å². The number of halogens is 1. The molecular formula is C28H28ClN3O5S. The fraction of sp³-hybridized carbons (Fsp3) is 0.250. The predicted octanol–water partition coefficient (Wildman–Crippen LogP) is 5.29. The van der Waals surface area contributed by atoms with Crippen LogP contribution in [0.1, 0.15) is 18.9 Å². The normalized spacial score (nSPS) is 15.0. The van der Waals surface area contributed by atoms with Crippen molar-refractivity contribution in [2.45, 2.75) is 25.9 Å². The molecule has 1 unspecified atom stereocenters. The molecule has 0 saturated carbocycles. The van der Waals surface area contributed by atoms with E-state index in [1.54, 1.807) is 73.7 Å². The third-order valence-corrected chi connectivity index (χ3v) is 6.70. The number of anilines is 2. The summed E-state index contributed by atoms with van der Waals surface area (Å²) in [5.74, 6) is 1.25. The van der Waals surface area contributed by atoms with Crippen molar-refractivity contribution in [2.75, 3.05) is 31.0 Å². The highest BCUT2D eigenvalue weighted by atomic mass is 35.5. The maximum absolute atomic E-state index is 13.7. The minimum Gasteiger partial charge on any atom is -0.494 e. The topological polar surface area (TPSA) is 80.3 Å². The number of nitrogens with one attached hydrogen (secondary N) is 1. The molecule has 198 valence electrons. The summed E-state index contributed by atoms with van der Waals surface area (Å²) < 4.78 is 16.2. The maximum Gasteiger partial charge on any atom is 0.256 e. The first-order chi connectivity index (χ1) is 18.3. The number of carbonyl (C=O) groups is 2. The van der Waals surface area contributed by atoms with E-state index in [0.29, 0.717) is 45.4 Å². The zero-order valence-electron chi connectivity index (χ0n) is 21.3. The number of ether oxygens (including phenoxy) is 3. The minimum atomic E-state index is -0.811. The van der Waals surface area contributed by atoms with Gasteiger partial charge in [0.05, 0.1) is 32.9 Å². The van der Waals surface area contributed by atoms with E-state index in [1.807, 2.05) is 19.1 Å². The van der Waals surface area contributed by atoms with Crippen molar-refractivity contribution >= 4 is 52.1 Å². The van der Waals surface area contributed by atoms with E-state index in [0.717, 1.165) is 5.56 Å². The molecule has 4 rings (SSSR count). The number of benzene rings is 3. The lowest BCUT2D eigenvalue weighted by atomic mass is 10.1. The molecule has 1 heterocycles. The second-order valence-corrected chi connectivity index (χ2v) is 9.28. The molecule has 0 aliphatic carbocycles. The third-order valence-electron chi connectivity index (χ3n) is 6.03. The molecule has 1 fully saturated rings. The number of carbonyl (C=O) groups excluding carboxylic acids is 2. The second-order valence-electron chi connectivity index (χ2n) is 8.48. The number of amides is 2. The van der Waals surface area contributed by atoms with E-state index in [-0.39, 0.29) is 24.8 Å². The van der Waals surface area contributed by atoms with Crippen molar-refractivity contribution in [3.8, 4) is 17.2 Å². The van der Waals surface area contributed by atoms with Gasteiger partial charge >= 0.3 is 0 Å². The van der Waals surface area contributed by atoms with E-state index < -0.39 is 6.04 Å². The first-order valence-corrected chi connectivity index (χ1v) is 12.8. The maximum atomic E-state index is 13.7. The zero-order valence-corrected chi connectivity index (χ0v) is 22.8. The van der Waals surface area contributed by atoms with E-state index in [9.17, 15) is 9.59 Å². The number of methoxy groups -OCH3 is 2. The van der Waals surface area contributed by atoms with Crippen molar-refractivity contribution in [3.63, 3.8) is 0 Å². The predicted molar refractivity (Wildman–Crippen MR) is 151 cm³/mol. The average molecular weight is 554 g/mol. The highest BCUT2D eigenvalue weighted by Crippen LogP contribution is 2.32. The number of hydrogen-bond acceptors (Lipinski definition) is 6. The molecule has 0 spiro atoms. The monoisotopic (exact) mass is 553 g/mol. The summed E-state index contributed by atoms with van der Waals surface area (Å²) in [6.07, 6.45) is -0.0937. The molecule has 10 heteroatoms. The smallest absolute Gasteiger partial charge is 0.256 e. The zero-order chi connectivity index (χ0) is 27.2. The van der Waals surface area contributed by atoms with Crippen LogP contribution in [0.2, 0.25) is 5.02 Å². The van der Waals surface area contributed by atoms with Crippen LogP contribution in [0.4, 0.5) is 11.4 Å². The number of thiocarbonyl (C=S) groups is 1. The number of nitrogens with zero attached hydrogens (tertiary/aromatic N) is 2. The van der Waals surface area contributed by atoms with E-state index in [1.165, 1.54) is 4.90 Å². The molecule has 8 nitrogen and oxygen atoms in total.